The number of thioether (sulfide) groups is 1. The zero-order valence-corrected chi connectivity index (χ0v) is 16.1. The number of anilines is 1. The summed E-state index contributed by atoms with van der Waals surface area (Å²) in [5.74, 6) is 1.64. The zero-order chi connectivity index (χ0) is 18.1. The molecule has 0 saturated heterocycles. The molecular formula is C17H23ClN4O2S. The zero-order valence-electron chi connectivity index (χ0n) is 14.5. The first-order valence-electron chi connectivity index (χ1n) is 8.33. The monoisotopic (exact) mass is 382 g/mol. The Morgan fingerprint density at radius 2 is 2.08 bits per heavy atom. The van der Waals surface area contributed by atoms with Crippen LogP contribution in [-0.2, 0) is 11.3 Å². The largest absolute Gasteiger partial charge is 0.467 e. The van der Waals surface area contributed by atoms with Crippen molar-refractivity contribution in [3.8, 4) is 0 Å². The Bertz CT molecular complexity index is 661. The number of halogens is 1. The van der Waals surface area contributed by atoms with Crippen molar-refractivity contribution in [3.05, 3.63) is 35.4 Å². The van der Waals surface area contributed by atoms with Crippen molar-refractivity contribution in [3.63, 3.8) is 0 Å². The molecule has 2 aromatic heterocycles. The van der Waals surface area contributed by atoms with Crippen LogP contribution < -0.4 is 10.2 Å². The molecule has 2 rings (SSSR count). The highest BCUT2D eigenvalue weighted by Gasteiger charge is 2.12. The number of hydrogen-bond donors (Lipinski definition) is 1. The second-order valence-electron chi connectivity index (χ2n) is 5.46. The van der Waals surface area contributed by atoms with Crippen LogP contribution in [0.5, 0.6) is 0 Å². The Kier molecular flexibility index (Phi) is 8.08. The molecule has 8 heteroatoms. The van der Waals surface area contributed by atoms with Gasteiger partial charge in [0.05, 0.1) is 18.6 Å². The van der Waals surface area contributed by atoms with E-state index in [1.54, 1.807) is 18.4 Å². The van der Waals surface area contributed by atoms with Gasteiger partial charge in [-0.1, -0.05) is 37.2 Å². The third kappa shape index (κ3) is 6.59. The maximum absolute atomic E-state index is 11.9. The lowest BCUT2D eigenvalue weighted by Gasteiger charge is -2.22. The van der Waals surface area contributed by atoms with Crippen molar-refractivity contribution in [2.75, 3.05) is 23.7 Å². The molecule has 0 fully saturated rings. The number of nitrogens with one attached hydrogen (secondary N) is 1. The molecule has 25 heavy (non-hydrogen) atoms. The number of furan rings is 1. The van der Waals surface area contributed by atoms with Crippen LogP contribution in [0.1, 0.15) is 32.4 Å². The SMILES string of the molecule is CCCN(CCC)c1cc(Cl)nc(SCC(=O)NCc2ccco2)n1. The van der Waals surface area contributed by atoms with Gasteiger partial charge in [-0.3, -0.25) is 4.79 Å². The first kappa shape index (κ1) is 19.6. The number of carbonyl (C=O) groups is 1. The number of nitrogens with zero attached hydrogens (tertiary/aromatic N) is 3. The number of amides is 1. The molecule has 0 bridgehead atoms. The topological polar surface area (TPSA) is 71.3 Å². The summed E-state index contributed by atoms with van der Waals surface area (Å²) in [7, 11) is 0. The normalized spacial score (nSPS) is 10.7. The molecule has 0 spiro atoms. The Morgan fingerprint density at radius 3 is 2.72 bits per heavy atom. The molecule has 0 aliphatic rings. The highest BCUT2D eigenvalue weighted by Crippen LogP contribution is 2.22. The van der Waals surface area contributed by atoms with E-state index in [9.17, 15) is 4.79 Å². The average Bonchev–Trinajstić information content (AvgIpc) is 3.11. The maximum Gasteiger partial charge on any atom is 0.230 e. The fourth-order valence-corrected chi connectivity index (χ4v) is 3.18. The van der Waals surface area contributed by atoms with Gasteiger partial charge in [0.25, 0.3) is 0 Å². The number of rotatable bonds is 10. The van der Waals surface area contributed by atoms with Crippen molar-refractivity contribution in [2.45, 2.75) is 38.4 Å². The Morgan fingerprint density at radius 1 is 1.32 bits per heavy atom. The van der Waals surface area contributed by atoms with Crippen molar-refractivity contribution in [1.82, 2.24) is 15.3 Å². The molecule has 0 aromatic carbocycles. The summed E-state index contributed by atoms with van der Waals surface area (Å²) in [6.45, 7) is 6.45. The number of hydrogen-bond acceptors (Lipinski definition) is 6. The molecule has 0 aliphatic carbocycles. The Hall–Kier alpha value is -1.73. The summed E-state index contributed by atoms with van der Waals surface area (Å²) in [4.78, 5) is 22.9. The van der Waals surface area contributed by atoms with Crippen LogP contribution in [0.25, 0.3) is 0 Å². The molecule has 0 aliphatic heterocycles. The maximum atomic E-state index is 11.9. The second kappa shape index (κ2) is 10.3. The van der Waals surface area contributed by atoms with E-state index in [2.05, 4.69) is 34.0 Å². The quantitative estimate of drug-likeness (QED) is 0.383. The van der Waals surface area contributed by atoms with E-state index in [0.717, 1.165) is 37.5 Å². The Labute approximate surface area is 157 Å². The van der Waals surface area contributed by atoms with Crippen LogP contribution in [0, 0.1) is 0 Å². The highest BCUT2D eigenvalue weighted by atomic mass is 35.5. The van der Waals surface area contributed by atoms with Gasteiger partial charge in [-0.25, -0.2) is 9.97 Å². The average molecular weight is 383 g/mol. The van der Waals surface area contributed by atoms with Crippen molar-refractivity contribution >= 4 is 35.1 Å². The summed E-state index contributed by atoms with van der Waals surface area (Å²) in [6, 6.07) is 5.37. The first-order chi connectivity index (χ1) is 12.1. The van der Waals surface area contributed by atoms with Gasteiger partial charge in [-0.2, -0.15) is 0 Å². The van der Waals surface area contributed by atoms with Crippen molar-refractivity contribution < 1.29 is 9.21 Å². The molecule has 0 unspecified atom stereocenters. The lowest BCUT2D eigenvalue weighted by molar-refractivity contribution is -0.118. The van der Waals surface area contributed by atoms with Crippen molar-refractivity contribution in [2.24, 2.45) is 0 Å². The standard InChI is InChI=1S/C17H23ClN4O2S/c1-3-7-22(8-4-2)15-10-14(18)20-17(21-15)25-12-16(23)19-11-13-6-5-9-24-13/h5-6,9-10H,3-4,7-8,11-12H2,1-2H3,(H,19,23). The highest BCUT2D eigenvalue weighted by molar-refractivity contribution is 7.99. The third-order valence-corrected chi connectivity index (χ3v) is 4.39. The van der Waals surface area contributed by atoms with E-state index in [1.165, 1.54) is 11.8 Å². The smallest absolute Gasteiger partial charge is 0.230 e. The molecule has 2 aromatic rings. The van der Waals surface area contributed by atoms with E-state index in [1.807, 2.05) is 6.07 Å². The van der Waals surface area contributed by atoms with Crippen LogP contribution in [0.2, 0.25) is 5.15 Å². The number of aromatic nitrogens is 2. The second-order valence-corrected chi connectivity index (χ2v) is 6.79. The molecule has 0 saturated carbocycles. The van der Waals surface area contributed by atoms with Gasteiger partial charge in [-0.15, -0.1) is 0 Å². The predicted molar refractivity (Wildman–Crippen MR) is 101 cm³/mol. The lowest BCUT2D eigenvalue weighted by atomic mass is 10.3. The van der Waals surface area contributed by atoms with E-state index in [4.69, 9.17) is 16.0 Å². The summed E-state index contributed by atoms with van der Waals surface area (Å²) in [5, 5.41) is 3.69. The van der Waals surface area contributed by atoms with E-state index in [0.29, 0.717) is 16.9 Å². The van der Waals surface area contributed by atoms with Crippen LogP contribution >= 0.6 is 23.4 Å². The van der Waals surface area contributed by atoms with E-state index in [-0.39, 0.29) is 11.7 Å². The summed E-state index contributed by atoms with van der Waals surface area (Å²) in [5.41, 5.74) is 0. The van der Waals surface area contributed by atoms with Crippen LogP contribution in [0.4, 0.5) is 5.82 Å². The van der Waals surface area contributed by atoms with Gasteiger partial charge in [0.1, 0.15) is 16.7 Å². The molecule has 136 valence electrons. The minimum absolute atomic E-state index is 0.106. The fourth-order valence-electron chi connectivity index (χ4n) is 2.27. The third-order valence-electron chi connectivity index (χ3n) is 3.34. The van der Waals surface area contributed by atoms with Gasteiger partial charge < -0.3 is 14.6 Å². The first-order valence-corrected chi connectivity index (χ1v) is 9.70. The van der Waals surface area contributed by atoms with Gasteiger partial charge in [0, 0.05) is 19.2 Å². The van der Waals surface area contributed by atoms with Gasteiger partial charge in [-0.05, 0) is 25.0 Å². The summed E-state index contributed by atoms with van der Waals surface area (Å²) < 4.78 is 5.18. The molecule has 6 nitrogen and oxygen atoms in total. The molecule has 1 N–H and O–H groups in total. The minimum atomic E-state index is -0.106. The molecule has 0 radical (unpaired) electrons. The van der Waals surface area contributed by atoms with E-state index < -0.39 is 0 Å². The predicted octanol–water partition coefficient (Wildman–Crippen LogP) is 3.76. The molecule has 1 amide bonds. The Balaban J connectivity index is 1.93. The molecule has 0 atom stereocenters. The number of carbonyl (C=O) groups excluding carboxylic acids is 1. The van der Waals surface area contributed by atoms with Crippen LogP contribution in [0.3, 0.4) is 0 Å². The van der Waals surface area contributed by atoms with Gasteiger partial charge >= 0.3 is 0 Å². The van der Waals surface area contributed by atoms with Gasteiger partial charge in [0.15, 0.2) is 5.16 Å². The van der Waals surface area contributed by atoms with Crippen molar-refractivity contribution in [1.29, 1.82) is 0 Å². The molecule has 2 heterocycles. The van der Waals surface area contributed by atoms with Gasteiger partial charge in [0.2, 0.25) is 5.91 Å². The lowest BCUT2D eigenvalue weighted by Crippen LogP contribution is -2.26. The summed E-state index contributed by atoms with van der Waals surface area (Å²) in [6.07, 6.45) is 3.63. The van der Waals surface area contributed by atoms with E-state index >= 15 is 0 Å². The minimum Gasteiger partial charge on any atom is -0.467 e. The van der Waals surface area contributed by atoms with Crippen LogP contribution in [0.15, 0.2) is 34.0 Å². The summed E-state index contributed by atoms with van der Waals surface area (Å²) >= 11 is 7.41. The molecular weight excluding hydrogens is 360 g/mol. The van der Waals surface area contributed by atoms with Crippen LogP contribution in [-0.4, -0.2) is 34.7 Å². The fraction of sp³-hybridized carbons (Fsp3) is 0.471.